The van der Waals surface area contributed by atoms with Gasteiger partial charge in [-0.15, -0.1) is 0 Å². The Morgan fingerprint density at radius 2 is 2.00 bits per heavy atom. The molecule has 0 radical (unpaired) electrons. The number of aromatic nitrogens is 2. The molecule has 1 aliphatic carbocycles. The summed E-state index contributed by atoms with van der Waals surface area (Å²) in [5.74, 6) is 1.74. The largest absolute Gasteiger partial charge is 0.396 e. The van der Waals surface area contributed by atoms with Crippen molar-refractivity contribution in [2.24, 2.45) is 11.8 Å². The number of rotatable bonds is 7. The lowest BCUT2D eigenvalue weighted by atomic mass is 10.0. The summed E-state index contributed by atoms with van der Waals surface area (Å²) in [7, 11) is 0. The lowest BCUT2D eigenvalue weighted by Gasteiger charge is -2.23. The summed E-state index contributed by atoms with van der Waals surface area (Å²) in [4.78, 5) is 16.5. The normalized spacial score (nSPS) is 18.8. The molecule has 2 amide bonds. The van der Waals surface area contributed by atoms with Gasteiger partial charge in [-0.1, -0.05) is 25.9 Å². The van der Waals surface area contributed by atoms with Gasteiger partial charge in [0.25, 0.3) is 0 Å². The number of urea groups is 1. The molecule has 1 heterocycles. The molecule has 1 aliphatic rings. The molecular formula is C15H26N4O3. The highest BCUT2D eigenvalue weighted by Crippen LogP contribution is 2.38. The minimum Gasteiger partial charge on any atom is -0.396 e. The fraction of sp³-hybridized carbons (Fsp3) is 0.800. The molecule has 0 aliphatic heterocycles. The van der Waals surface area contributed by atoms with Crippen molar-refractivity contribution in [1.82, 2.24) is 20.8 Å². The second-order valence-electron chi connectivity index (χ2n) is 6.55. The van der Waals surface area contributed by atoms with E-state index in [1.165, 1.54) is 0 Å². The van der Waals surface area contributed by atoms with Crippen LogP contribution in [0.1, 0.15) is 64.2 Å². The minimum atomic E-state index is -0.323. The van der Waals surface area contributed by atoms with Gasteiger partial charge in [-0.2, -0.15) is 4.98 Å². The van der Waals surface area contributed by atoms with Gasteiger partial charge in [0.1, 0.15) is 6.04 Å². The van der Waals surface area contributed by atoms with Crippen molar-refractivity contribution in [3.63, 3.8) is 0 Å². The zero-order valence-electron chi connectivity index (χ0n) is 13.7. The summed E-state index contributed by atoms with van der Waals surface area (Å²) in [6.07, 6.45) is 2.21. The molecule has 1 aromatic rings. The summed E-state index contributed by atoms with van der Waals surface area (Å²) >= 11 is 0. The molecule has 0 aromatic carbocycles. The average molecular weight is 310 g/mol. The van der Waals surface area contributed by atoms with Gasteiger partial charge in [0.05, 0.1) is 0 Å². The van der Waals surface area contributed by atoms with Crippen molar-refractivity contribution in [2.45, 2.75) is 58.5 Å². The van der Waals surface area contributed by atoms with E-state index >= 15 is 0 Å². The molecule has 3 N–H and O–H groups in total. The van der Waals surface area contributed by atoms with Gasteiger partial charge >= 0.3 is 6.03 Å². The lowest BCUT2D eigenvalue weighted by molar-refractivity contribution is 0.195. The monoisotopic (exact) mass is 310 g/mol. The van der Waals surface area contributed by atoms with Gasteiger partial charge in [0.2, 0.25) is 5.89 Å². The van der Waals surface area contributed by atoms with E-state index in [0.717, 1.165) is 18.7 Å². The SMILES string of the molecule is CC(C)C(NC(=O)NC(C)C(C)CO)c1nc(C2CC2)no1. The second kappa shape index (κ2) is 7.09. The maximum Gasteiger partial charge on any atom is 0.315 e. The molecule has 1 fully saturated rings. The van der Waals surface area contributed by atoms with E-state index in [9.17, 15) is 4.79 Å². The van der Waals surface area contributed by atoms with E-state index in [2.05, 4.69) is 20.8 Å². The van der Waals surface area contributed by atoms with Crippen LogP contribution in [0.4, 0.5) is 4.79 Å². The Labute approximate surface area is 130 Å². The molecule has 7 nitrogen and oxygen atoms in total. The van der Waals surface area contributed by atoms with E-state index in [0.29, 0.717) is 11.8 Å². The summed E-state index contributed by atoms with van der Waals surface area (Å²) in [5, 5.41) is 18.8. The summed E-state index contributed by atoms with van der Waals surface area (Å²) in [6, 6.07) is -0.739. The number of hydrogen-bond acceptors (Lipinski definition) is 5. The van der Waals surface area contributed by atoms with Crippen LogP contribution in [0.25, 0.3) is 0 Å². The number of hydrogen-bond donors (Lipinski definition) is 3. The van der Waals surface area contributed by atoms with Crippen molar-refractivity contribution in [3.05, 3.63) is 11.7 Å². The van der Waals surface area contributed by atoms with Crippen LogP contribution in [0.3, 0.4) is 0 Å². The third kappa shape index (κ3) is 4.19. The molecule has 1 aromatic heterocycles. The maximum absolute atomic E-state index is 12.1. The highest BCUT2D eigenvalue weighted by atomic mass is 16.5. The molecule has 0 spiro atoms. The molecule has 7 heteroatoms. The van der Waals surface area contributed by atoms with Crippen molar-refractivity contribution >= 4 is 6.03 Å². The average Bonchev–Trinajstić information content (AvgIpc) is 3.21. The topological polar surface area (TPSA) is 100 Å². The van der Waals surface area contributed by atoms with Crippen molar-refractivity contribution in [2.75, 3.05) is 6.61 Å². The Morgan fingerprint density at radius 3 is 2.55 bits per heavy atom. The Balaban J connectivity index is 1.97. The summed E-state index contributed by atoms with van der Waals surface area (Å²) in [5.41, 5.74) is 0. The summed E-state index contributed by atoms with van der Waals surface area (Å²) in [6.45, 7) is 7.76. The number of carbonyl (C=O) groups excluding carboxylic acids is 1. The van der Waals surface area contributed by atoms with Crippen LogP contribution in [-0.2, 0) is 0 Å². The Kier molecular flexibility index (Phi) is 5.39. The van der Waals surface area contributed by atoms with Gasteiger partial charge in [0, 0.05) is 18.6 Å². The predicted octanol–water partition coefficient (Wildman–Crippen LogP) is 1.96. The first-order valence-electron chi connectivity index (χ1n) is 7.93. The highest BCUT2D eigenvalue weighted by molar-refractivity contribution is 5.74. The summed E-state index contributed by atoms with van der Waals surface area (Å²) < 4.78 is 5.32. The Morgan fingerprint density at radius 1 is 1.32 bits per heavy atom. The Hall–Kier alpha value is -1.63. The third-order valence-corrected chi connectivity index (χ3v) is 4.12. The van der Waals surface area contributed by atoms with Crippen LogP contribution in [-0.4, -0.2) is 33.9 Å². The van der Waals surface area contributed by atoms with Crippen molar-refractivity contribution in [3.8, 4) is 0 Å². The van der Waals surface area contributed by atoms with Crippen LogP contribution >= 0.6 is 0 Å². The van der Waals surface area contributed by atoms with E-state index in [1.807, 2.05) is 27.7 Å². The first-order chi connectivity index (χ1) is 10.4. The molecular weight excluding hydrogens is 284 g/mol. The van der Waals surface area contributed by atoms with E-state index < -0.39 is 0 Å². The van der Waals surface area contributed by atoms with Crippen LogP contribution in [0, 0.1) is 11.8 Å². The van der Waals surface area contributed by atoms with Gasteiger partial charge in [0.15, 0.2) is 5.82 Å². The third-order valence-electron chi connectivity index (χ3n) is 4.12. The second-order valence-corrected chi connectivity index (χ2v) is 6.55. The molecule has 0 bridgehead atoms. The molecule has 0 saturated heterocycles. The molecule has 2 rings (SSSR count). The zero-order valence-corrected chi connectivity index (χ0v) is 13.7. The van der Waals surface area contributed by atoms with E-state index in [-0.39, 0.29) is 36.6 Å². The zero-order chi connectivity index (χ0) is 16.3. The van der Waals surface area contributed by atoms with Crippen LogP contribution in [0.5, 0.6) is 0 Å². The predicted molar refractivity (Wildman–Crippen MR) is 81.2 cm³/mol. The fourth-order valence-electron chi connectivity index (χ4n) is 2.08. The van der Waals surface area contributed by atoms with Crippen LogP contribution < -0.4 is 10.6 Å². The van der Waals surface area contributed by atoms with Gasteiger partial charge in [-0.25, -0.2) is 4.79 Å². The number of amides is 2. The van der Waals surface area contributed by atoms with E-state index in [4.69, 9.17) is 9.63 Å². The number of carbonyl (C=O) groups is 1. The van der Waals surface area contributed by atoms with Crippen molar-refractivity contribution < 1.29 is 14.4 Å². The van der Waals surface area contributed by atoms with Gasteiger partial charge in [-0.3, -0.25) is 0 Å². The fourth-order valence-corrected chi connectivity index (χ4v) is 2.08. The maximum atomic E-state index is 12.1. The number of nitrogens with one attached hydrogen (secondary N) is 2. The van der Waals surface area contributed by atoms with Crippen LogP contribution in [0.2, 0.25) is 0 Å². The van der Waals surface area contributed by atoms with E-state index in [1.54, 1.807) is 0 Å². The van der Waals surface area contributed by atoms with Crippen molar-refractivity contribution in [1.29, 1.82) is 0 Å². The smallest absolute Gasteiger partial charge is 0.315 e. The minimum absolute atomic E-state index is 0.00637. The lowest BCUT2D eigenvalue weighted by Crippen LogP contribution is -2.46. The number of nitrogens with zero attached hydrogens (tertiary/aromatic N) is 2. The first kappa shape index (κ1) is 16.7. The van der Waals surface area contributed by atoms with Crippen LogP contribution in [0.15, 0.2) is 4.52 Å². The standard InChI is InChI=1S/C15H26N4O3/c1-8(2)12(14-18-13(19-22-14)11-5-6-11)17-15(21)16-10(4)9(3)7-20/h8-12,20H,5-7H2,1-4H3,(H2,16,17,21). The number of aliphatic hydroxyl groups is 1. The molecule has 1 saturated carbocycles. The first-order valence-corrected chi connectivity index (χ1v) is 7.93. The molecule has 3 unspecified atom stereocenters. The quantitative estimate of drug-likeness (QED) is 0.715. The molecule has 124 valence electrons. The molecule has 22 heavy (non-hydrogen) atoms. The number of aliphatic hydroxyl groups excluding tert-OH is 1. The molecule has 3 atom stereocenters. The highest BCUT2D eigenvalue weighted by Gasteiger charge is 2.31. The van der Waals surface area contributed by atoms with Gasteiger partial charge < -0.3 is 20.3 Å². The van der Waals surface area contributed by atoms with Gasteiger partial charge in [-0.05, 0) is 31.6 Å². The Bertz CT molecular complexity index is 499.